The fourth-order valence-electron chi connectivity index (χ4n) is 1.75. The van der Waals surface area contributed by atoms with E-state index in [0.29, 0.717) is 18.7 Å². The van der Waals surface area contributed by atoms with Gasteiger partial charge in [0.1, 0.15) is 12.2 Å². The molecule has 0 aliphatic rings. The molecule has 1 rings (SSSR count). The summed E-state index contributed by atoms with van der Waals surface area (Å²) in [4.78, 5) is 4.30. The molecule has 0 spiro atoms. The molecule has 0 amide bonds. The zero-order valence-corrected chi connectivity index (χ0v) is 10.6. The van der Waals surface area contributed by atoms with Crippen LogP contribution < -0.4 is 5.32 Å². The summed E-state index contributed by atoms with van der Waals surface area (Å²) in [6.45, 7) is 7.94. The molecule has 5 nitrogen and oxygen atoms in total. The maximum atomic E-state index is 5.19. The van der Waals surface area contributed by atoms with Crippen molar-refractivity contribution in [3.63, 3.8) is 0 Å². The first-order chi connectivity index (χ1) is 7.69. The van der Waals surface area contributed by atoms with Crippen LogP contribution in [0.2, 0.25) is 0 Å². The minimum Gasteiger partial charge on any atom is -0.383 e. The number of rotatable bonds is 7. The number of nitrogens with one attached hydrogen (secondary N) is 1. The molecule has 0 saturated heterocycles. The van der Waals surface area contributed by atoms with Crippen LogP contribution in [0.15, 0.2) is 6.33 Å². The Morgan fingerprint density at radius 2 is 2.25 bits per heavy atom. The lowest BCUT2D eigenvalue weighted by Gasteiger charge is -2.17. The first-order valence-electron chi connectivity index (χ1n) is 5.79. The molecule has 1 aromatic rings. The zero-order valence-electron chi connectivity index (χ0n) is 10.6. The molecule has 0 aliphatic heterocycles. The van der Waals surface area contributed by atoms with Crippen LogP contribution in [-0.2, 0) is 11.2 Å². The molecule has 92 valence electrons. The third-order valence-corrected chi connectivity index (χ3v) is 2.43. The van der Waals surface area contributed by atoms with E-state index in [9.17, 15) is 0 Å². The highest BCUT2D eigenvalue weighted by atomic mass is 16.5. The smallest absolute Gasteiger partial charge is 0.138 e. The number of likely N-dealkylation sites (N-methyl/N-ethyl adjacent to an activating group) is 1. The molecule has 0 bridgehead atoms. The van der Waals surface area contributed by atoms with Crippen molar-refractivity contribution >= 4 is 0 Å². The van der Waals surface area contributed by atoms with Crippen LogP contribution >= 0.6 is 0 Å². The van der Waals surface area contributed by atoms with Crippen LogP contribution in [0, 0.1) is 0 Å². The van der Waals surface area contributed by atoms with Crippen molar-refractivity contribution in [2.45, 2.75) is 39.3 Å². The third kappa shape index (κ3) is 3.57. The second-order valence-electron chi connectivity index (χ2n) is 4.13. The normalized spacial score (nSPS) is 13.3. The van der Waals surface area contributed by atoms with E-state index in [1.807, 2.05) is 4.68 Å². The molecule has 0 saturated carbocycles. The average Bonchev–Trinajstić information content (AvgIpc) is 2.66. The predicted molar refractivity (Wildman–Crippen MR) is 63.5 cm³/mol. The summed E-state index contributed by atoms with van der Waals surface area (Å²) >= 11 is 0. The lowest BCUT2D eigenvalue weighted by atomic mass is 10.2. The predicted octanol–water partition coefficient (Wildman–Crippen LogP) is 1.03. The van der Waals surface area contributed by atoms with Gasteiger partial charge in [0.2, 0.25) is 0 Å². The van der Waals surface area contributed by atoms with Crippen molar-refractivity contribution in [2.24, 2.45) is 0 Å². The van der Waals surface area contributed by atoms with E-state index >= 15 is 0 Å². The highest BCUT2D eigenvalue weighted by Crippen LogP contribution is 2.07. The van der Waals surface area contributed by atoms with Gasteiger partial charge in [0.05, 0.1) is 6.61 Å². The van der Waals surface area contributed by atoms with Crippen molar-refractivity contribution < 1.29 is 4.74 Å². The number of hydrogen-bond donors (Lipinski definition) is 1. The van der Waals surface area contributed by atoms with Crippen molar-refractivity contribution in [1.82, 2.24) is 20.1 Å². The van der Waals surface area contributed by atoms with E-state index in [4.69, 9.17) is 4.74 Å². The molecule has 0 aromatic carbocycles. The van der Waals surface area contributed by atoms with E-state index in [0.717, 1.165) is 18.8 Å². The van der Waals surface area contributed by atoms with Crippen LogP contribution in [-0.4, -0.2) is 41.1 Å². The standard InChI is InChI=1S/C11H22N4O/c1-5-12-10(7-16-4)6-11-13-8-14-15(11)9(2)3/h8-10,12H,5-7H2,1-4H3. The van der Waals surface area contributed by atoms with Crippen LogP contribution in [0.5, 0.6) is 0 Å². The Labute approximate surface area is 97.2 Å². The molecule has 0 radical (unpaired) electrons. The van der Waals surface area contributed by atoms with E-state index in [1.54, 1.807) is 13.4 Å². The van der Waals surface area contributed by atoms with Crippen molar-refractivity contribution in [1.29, 1.82) is 0 Å². The highest BCUT2D eigenvalue weighted by molar-refractivity contribution is 4.91. The molecule has 1 unspecified atom stereocenters. The average molecular weight is 226 g/mol. The molecule has 0 aliphatic carbocycles. The van der Waals surface area contributed by atoms with Crippen LogP contribution in [0.3, 0.4) is 0 Å². The Morgan fingerprint density at radius 1 is 1.50 bits per heavy atom. The zero-order chi connectivity index (χ0) is 12.0. The van der Waals surface area contributed by atoms with Crippen molar-refractivity contribution in [3.8, 4) is 0 Å². The molecule has 1 N–H and O–H groups in total. The molecule has 1 heterocycles. The topological polar surface area (TPSA) is 52.0 Å². The lowest BCUT2D eigenvalue weighted by molar-refractivity contribution is 0.165. The number of hydrogen-bond acceptors (Lipinski definition) is 4. The lowest BCUT2D eigenvalue weighted by Crippen LogP contribution is -2.36. The van der Waals surface area contributed by atoms with Gasteiger partial charge in [-0.05, 0) is 20.4 Å². The van der Waals surface area contributed by atoms with E-state index in [-0.39, 0.29) is 0 Å². The van der Waals surface area contributed by atoms with Gasteiger partial charge in [-0.2, -0.15) is 5.10 Å². The maximum absolute atomic E-state index is 5.19. The minimum absolute atomic E-state index is 0.302. The summed E-state index contributed by atoms with van der Waals surface area (Å²) in [7, 11) is 1.72. The van der Waals surface area contributed by atoms with Gasteiger partial charge in [-0.25, -0.2) is 9.67 Å². The highest BCUT2D eigenvalue weighted by Gasteiger charge is 2.14. The Balaban J connectivity index is 2.64. The van der Waals surface area contributed by atoms with E-state index in [1.165, 1.54) is 0 Å². The van der Waals surface area contributed by atoms with Crippen molar-refractivity contribution in [3.05, 3.63) is 12.2 Å². The third-order valence-electron chi connectivity index (χ3n) is 2.43. The van der Waals surface area contributed by atoms with E-state index in [2.05, 4.69) is 36.2 Å². The summed E-state index contributed by atoms with van der Waals surface area (Å²) in [6.07, 6.45) is 2.46. The van der Waals surface area contributed by atoms with Gasteiger partial charge in [0.15, 0.2) is 0 Å². The quantitative estimate of drug-likeness (QED) is 0.754. The maximum Gasteiger partial charge on any atom is 0.138 e. The Morgan fingerprint density at radius 3 is 2.81 bits per heavy atom. The van der Waals surface area contributed by atoms with Gasteiger partial charge in [-0.3, -0.25) is 0 Å². The monoisotopic (exact) mass is 226 g/mol. The first kappa shape index (κ1) is 13.1. The molecule has 1 aromatic heterocycles. The number of methoxy groups -OCH3 is 1. The first-order valence-corrected chi connectivity index (χ1v) is 5.79. The Kier molecular flexibility index (Phi) is 5.42. The summed E-state index contributed by atoms with van der Waals surface area (Å²) in [5, 5.41) is 7.61. The molecule has 0 fully saturated rings. The molecule has 1 atom stereocenters. The van der Waals surface area contributed by atoms with Gasteiger partial charge < -0.3 is 10.1 Å². The molecule has 5 heteroatoms. The largest absolute Gasteiger partial charge is 0.383 e. The van der Waals surface area contributed by atoms with Crippen LogP contribution in [0.4, 0.5) is 0 Å². The van der Waals surface area contributed by atoms with Gasteiger partial charge in [-0.1, -0.05) is 6.92 Å². The fraction of sp³-hybridized carbons (Fsp3) is 0.818. The number of aromatic nitrogens is 3. The number of ether oxygens (including phenoxy) is 1. The second-order valence-corrected chi connectivity index (χ2v) is 4.13. The van der Waals surface area contributed by atoms with Crippen LogP contribution in [0.1, 0.15) is 32.6 Å². The number of nitrogens with zero attached hydrogens (tertiary/aromatic N) is 3. The Bertz CT molecular complexity index is 292. The second kappa shape index (κ2) is 6.60. The Hall–Kier alpha value is -0.940. The van der Waals surface area contributed by atoms with Crippen LogP contribution in [0.25, 0.3) is 0 Å². The fourth-order valence-corrected chi connectivity index (χ4v) is 1.75. The summed E-state index contributed by atoms with van der Waals surface area (Å²) in [5.41, 5.74) is 0. The van der Waals surface area contributed by atoms with Gasteiger partial charge in [0.25, 0.3) is 0 Å². The van der Waals surface area contributed by atoms with E-state index < -0.39 is 0 Å². The van der Waals surface area contributed by atoms with Gasteiger partial charge in [0, 0.05) is 25.6 Å². The summed E-state index contributed by atoms with van der Waals surface area (Å²) in [5.74, 6) is 1.01. The molecular weight excluding hydrogens is 204 g/mol. The van der Waals surface area contributed by atoms with Gasteiger partial charge in [-0.15, -0.1) is 0 Å². The van der Waals surface area contributed by atoms with Gasteiger partial charge >= 0.3 is 0 Å². The SMILES string of the molecule is CCNC(COC)Cc1ncnn1C(C)C. The van der Waals surface area contributed by atoms with Crippen molar-refractivity contribution in [2.75, 3.05) is 20.3 Å². The molecular formula is C11H22N4O. The minimum atomic E-state index is 0.302. The molecule has 16 heavy (non-hydrogen) atoms. The summed E-state index contributed by atoms with van der Waals surface area (Å²) < 4.78 is 7.14. The summed E-state index contributed by atoms with van der Waals surface area (Å²) in [6, 6.07) is 0.652.